The lowest BCUT2D eigenvalue weighted by molar-refractivity contribution is -0.115. The van der Waals surface area contributed by atoms with Gasteiger partial charge in [-0.2, -0.15) is 0 Å². The van der Waals surface area contributed by atoms with E-state index in [4.69, 9.17) is 0 Å². The second-order valence-electron chi connectivity index (χ2n) is 7.45. The molecule has 1 atom stereocenters. The molecule has 7 heteroatoms. The summed E-state index contributed by atoms with van der Waals surface area (Å²) in [6.07, 6.45) is 2.02. The van der Waals surface area contributed by atoms with Crippen molar-refractivity contribution in [3.05, 3.63) is 59.4 Å². The zero-order chi connectivity index (χ0) is 20.5. The highest BCUT2D eigenvalue weighted by molar-refractivity contribution is 8.00. The minimum Gasteiger partial charge on any atom is -0.325 e. The molecular weight excluding hydrogens is 387 g/mol. The zero-order valence-corrected chi connectivity index (χ0v) is 17.5. The average Bonchev–Trinajstić information content (AvgIpc) is 3.45. The van der Waals surface area contributed by atoms with Gasteiger partial charge in [-0.1, -0.05) is 41.6 Å². The predicted molar refractivity (Wildman–Crippen MR) is 114 cm³/mol. The summed E-state index contributed by atoms with van der Waals surface area (Å²) in [5, 5.41) is 11.8. The summed E-state index contributed by atoms with van der Waals surface area (Å²) in [4.78, 5) is 12.7. The van der Waals surface area contributed by atoms with Crippen LogP contribution in [0.4, 0.5) is 10.1 Å². The molecule has 29 heavy (non-hydrogen) atoms. The van der Waals surface area contributed by atoms with Crippen molar-refractivity contribution in [2.45, 2.75) is 50.1 Å². The molecule has 1 aliphatic carbocycles. The van der Waals surface area contributed by atoms with Crippen molar-refractivity contribution in [3.63, 3.8) is 0 Å². The van der Waals surface area contributed by atoms with Gasteiger partial charge >= 0.3 is 0 Å². The van der Waals surface area contributed by atoms with E-state index in [1.54, 1.807) is 18.2 Å². The SMILES string of the molecule is Cc1ccc(NC(=O)[C@@H](C)Sc2nnc(-c3ccccc3F)n2C2CC2)c(C)c1. The van der Waals surface area contributed by atoms with Crippen LogP contribution in [0.5, 0.6) is 0 Å². The molecule has 0 aliphatic heterocycles. The number of hydrogen-bond donors (Lipinski definition) is 1. The summed E-state index contributed by atoms with van der Waals surface area (Å²) in [5.41, 5.74) is 3.43. The smallest absolute Gasteiger partial charge is 0.237 e. The molecule has 1 aromatic heterocycles. The Labute approximate surface area is 173 Å². The first-order valence-corrected chi connectivity index (χ1v) is 10.6. The fourth-order valence-electron chi connectivity index (χ4n) is 3.25. The number of nitrogens with one attached hydrogen (secondary N) is 1. The molecular formula is C22H23FN4OS. The molecule has 0 bridgehead atoms. The van der Waals surface area contributed by atoms with Gasteiger partial charge in [0.1, 0.15) is 5.82 Å². The molecule has 1 saturated carbocycles. The van der Waals surface area contributed by atoms with Crippen LogP contribution >= 0.6 is 11.8 Å². The van der Waals surface area contributed by atoms with Crippen LogP contribution in [-0.2, 0) is 4.79 Å². The highest BCUT2D eigenvalue weighted by Gasteiger charge is 2.32. The van der Waals surface area contributed by atoms with E-state index >= 15 is 0 Å². The van der Waals surface area contributed by atoms with E-state index < -0.39 is 0 Å². The van der Waals surface area contributed by atoms with Gasteiger partial charge in [0.05, 0.1) is 10.8 Å². The number of aryl methyl sites for hydroxylation is 2. The fraction of sp³-hybridized carbons (Fsp3) is 0.318. The van der Waals surface area contributed by atoms with Crippen molar-refractivity contribution in [2.75, 3.05) is 5.32 Å². The lowest BCUT2D eigenvalue weighted by atomic mass is 10.1. The van der Waals surface area contributed by atoms with Gasteiger partial charge in [0.2, 0.25) is 5.91 Å². The van der Waals surface area contributed by atoms with Crippen LogP contribution in [0.2, 0.25) is 0 Å². The maximum absolute atomic E-state index is 14.3. The van der Waals surface area contributed by atoms with Gasteiger partial charge in [0.25, 0.3) is 0 Å². The summed E-state index contributed by atoms with van der Waals surface area (Å²) in [7, 11) is 0. The monoisotopic (exact) mass is 410 g/mol. The van der Waals surface area contributed by atoms with Crippen LogP contribution in [0.15, 0.2) is 47.6 Å². The molecule has 1 N–H and O–H groups in total. The maximum Gasteiger partial charge on any atom is 0.237 e. The van der Waals surface area contributed by atoms with E-state index in [-0.39, 0.29) is 23.0 Å². The minimum absolute atomic E-state index is 0.0975. The molecule has 1 amide bonds. The van der Waals surface area contributed by atoms with Crippen molar-refractivity contribution in [2.24, 2.45) is 0 Å². The number of nitrogens with zero attached hydrogens (tertiary/aromatic N) is 3. The number of carbonyl (C=O) groups excluding carboxylic acids is 1. The average molecular weight is 411 g/mol. The van der Waals surface area contributed by atoms with Gasteiger partial charge in [-0.25, -0.2) is 4.39 Å². The lowest BCUT2D eigenvalue weighted by Crippen LogP contribution is -2.23. The number of halogens is 1. The Kier molecular flexibility index (Phi) is 5.41. The summed E-state index contributed by atoms with van der Waals surface area (Å²) in [5.74, 6) is 0.105. The first-order chi connectivity index (χ1) is 13.9. The van der Waals surface area contributed by atoms with Gasteiger partial charge in [0, 0.05) is 11.7 Å². The van der Waals surface area contributed by atoms with Gasteiger partial charge in [0.15, 0.2) is 11.0 Å². The van der Waals surface area contributed by atoms with Gasteiger partial charge in [-0.05, 0) is 57.4 Å². The zero-order valence-electron chi connectivity index (χ0n) is 16.6. The third-order valence-corrected chi connectivity index (χ3v) is 6.04. The first-order valence-electron chi connectivity index (χ1n) is 9.68. The molecule has 5 nitrogen and oxygen atoms in total. The van der Waals surface area contributed by atoms with E-state index in [1.807, 2.05) is 43.5 Å². The van der Waals surface area contributed by atoms with Gasteiger partial charge in [-0.3, -0.25) is 9.36 Å². The highest BCUT2D eigenvalue weighted by atomic mass is 32.2. The van der Waals surface area contributed by atoms with Crippen LogP contribution in [0.3, 0.4) is 0 Å². The minimum atomic E-state index is -0.370. The van der Waals surface area contributed by atoms with Crippen molar-refractivity contribution < 1.29 is 9.18 Å². The Morgan fingerprint density at radius 3 is 2.66 bits per heavy atom. The number of benzene rings is 2. The largest absolute Gasteiger partial charge is 0.325 e. The highest BCUT2D eigenvalue weighted by Crippen LogP contribution is 2.42. The van der Waals surface area contributed by atoms with E-state index in [2.05, 4.69) is 15.5 Å². The van der Waals surface area contributed by atoms with Crippen molar-refractivity contribution in [3.8, 4) is 11.4 Å². The topological polar surface area (TPSA) is 59.8 Å². The van der Waals surface area contributed by atoms with Crippen molar-refractivity contribution >= 4 is 23.4 Å². The van der Waals surface area contributed by atoms with E-state index in [1.165, 1.54) is 17.8 Å². The number of aromatic nitrogens is 3. The quantitative estimate of drug-likeness (QED) is 0.571. The normalized spacial score (nSPS) is 14.6. The Morgan fingerprint density at radius 1 is 1.21 bits per heavy atom. The molecule has 2 aromatic carbocycles. The summed E-state index contributed by atoms with van der Waals surface area (Å²) in [6, 6.07) is 12.8. The summed E-state index contributed by atoms with van der Waals surface area (Å²) < 4.78 is 16.3. The third-order valence-electron chi connectivity index (χ3n) is 4.98. The van der Waals surface area contributed by atoms with Gasteiger partial charge < -0.3 is 5.32 Å². The number of anilines is 1. The molecule has 3 aromatic rings. The summed E-state index contributed by atoms with van der Waals surface area (Å²) in [6.45, 7) is 5.85. The van der Waals surface area contributed by atoms with Crippen LogP contribution in [-0.4, -0.2) is 25.9 Å². The first kappa shape index (κ1) is 19.6. The number of amides is 1. The van der Waals surface area contributed by atoms with Crippen LogP contribution in [0.1, 0.15) is 36.9 Å². The maximum atomic E-state index is 14.3. The molecule has 0 radical (unpaired) electrons. The number of hydrogen-bond acceptors (Lipinski definition) is 4. The molecule has 0 spiro atoms. The Balaban J connectivity index is 1.55. The van der Waals surface area contributed by atoms with E-state index in [0.717, 1.165) is 29.7 Å². The van der Waals surface area contributed by atoms with Crippen LogP contribution in [0, 0.1) is 19.7 Å². The standard InChI is InChI=1S/C22H23FN4OS/c1-13-8-11-19(14(2)12-13)24-21(28)15(3)29-22-26-25-20(27(22)16-9-10-16)17-6-4-5-7-18(17)23/h4-8,11-12,15-16H,9-10H2,1-3H3,(H,24,28)/t15-/m1/s1. The molecule has 150 valence electrons. The number of thioether (sulfide) groups is 1. The second-order valence-corrected chi connectivity index (χ2v) is 8.76. The Bertz CT molecular complexity index is 1060. The molecule has 1 heterocycles. The molecule has 0 unspecified atom stereocenters. The van der Waals surface area contributed by atoms with Crippen molar-refractivity contribution in [1.82, 2.24) is 14.8 Å². The Morgan fingerprint density at radius 2 is 1.97 bits per heavy atom. The molecule has 4 rings (SSSR count). The van der Waals surface area contributed by atoms with E-state index in [0.29, 0.717) is 16.5 Å². The third kappa shape index (κ3) is 4.19. The molecule has 1 aliphatic rings. The molecule has 0 saturated heterocycles. The Hall–Kier alpha value is -2.67. The van der Waals surface area contributed by atoms with Crippen LogP contribution in [0.25, 0.3) is 11.4 Å². The summed E-state index contributed by atoms with van der Waals surface area (Å²) >= 11 is 1.35. The van der Waals surface area contributed by atoms with Crippen molar-refractivity contribution in [1.29, 1.82) is 0 Å². The van der Waals surface area contributed by atoms with E-state index in [9.17, 15) is 9.18 Å². The van der Waals surface area contributed by atoms with Crippen LogP contribution < -0.4 is 5.32 Å². The number of rotatable bonds is 6. The second kappa shape index (κ2) is 7.99. The number of carbonyl (C=O) groups is 1. The van der Waals surface area contributed by atoms with Gasteiger partial charge in [-0.15, -0.1) is 10.2 Å². The fourth-order valence-corrected chi connectivity index (χ4v) is 4.16. The molecule has 1 fully saturated rings. The lowest BCUT2D eigenvalue weighted by Gasteiger charge is -2.15. The predicted octanol–water partition coefficient (Wildman–Crippen LogP) is 5.16.